The van der Waals surface area contributed by atoms with Crippen molar-refractivity contribution in [1.82, 2.24) is 4.90 Å². The van der Waals surface area contributed by atoms with Crippen LogP contribution in [0.5, 0.6) is 0 Å². The minimum Gasteiger partial charge on any atom is -0.321 e. The Morgan fingerprint density at radius 3 is 2.62 bits per heavy atom. The van der Waals surface area contributed by atoms with Gasteiger partial charge in [-0.1, -0.05) is 44.2 Å². The Labute approximate surface area is 134 Å². The average Bonchev–Trinajstić information content (AvgIpc) is 3.18. The normalized spacial score (nSPS) is 18.4. The van der Waals surface area contributed by atoms with Gasteiger partial charge in [0.05, 0.1) is 4.88 Å². The third-order valence-corrected chi connectivity index (χ3v) is 5.89. The molecule has 0 aliphatic carbocycles. The quantitative estimate of drug-likeness (QED) is 0.813. The molecule has 1 aliphatic heterocycles. The lowest BCUT2D eigenvalue weighted by atomic mass is 10.0. The number of hydrogen-bond donors (Lipinski definition) is 0. The molecular weight excluding hydrogens is 298 g/mol. The van der Waals surface area contributed by atoms with Crippen molar-refractivity contribution in [3.63, 3.8) is 0 Å². The molecule has 0 spiro atoms. The van der Waals surface area contributed by atoms with Crippen LogP contribution >= 0.6 is 23.1 Å². The number of nitrogens with zero attached hydrogens (tertiary/aromatic N) is 1. The number of rotatable bonds is 3. The monoisotopic (exact) mass is 317 g/mol. The van der Waals surface area contributed by atoms with Gasteiger partial charge in [0.2, 0.25) is 0 Å². The number of thiophene rings is 1. The van der Waals surface area contributed by atoms with Crippen LogP contribution in [0.15, 0.2) is 41.8 Å². The molecule has 4 heteroatoms. The Morgan fingerprint density at radius 2 is 2.00 bits per heavy atom. The summed E-state index contributed by atoms with van der Waals surface area (Å²) in [4.78, 5) is 15.4. The molecule has 0 radical (unpaired) electrons. The van der Waals surface area contributed by atoms with E-state index in [9.17, 15) is 4.79 Å². The summed E-state index contributed by atoms with van der Waals surface area (Å²) in [5.74, 6) is 1.71. The van der Waals surface area contributed by atoms with Gasteiger partial charge in [0.1, 0.15) is 5.37 Å². The van der Waals surface area contributed by atoms with E-state index in [1.165, 1.54) is 22.5 Å². The highest BCUT2D eigenvalue weighted by Gasteiger charge is 2.31. The van der Waals surface area contributed by atoms with Crippen molar-refractivity contribution < 1.29 is 4.79 Å². The predicted octanol–water partition coefficient (Wildman–Crippen LogP) is 4.76. The second kappa shape index (κ2) is 6.24. The van der Waals surface area contributed by atoms with E-state index in [-0.39, 0.29) is 11.3 Å². The van der Waals surface area contributed by atoms with Crippen molar-refractivity contribution in [1.29, 1.82) is 0 Å². The van der Waals surface area contributed by atoms with Crippen LogP contribution in [0.4, 0.5) is 0 Å². The van der Waals surface area contributed by atoms with Crippen LogP contribution in [0.1, 0.15) is 45.9 Å². The first-order chi connectivity index (χ1) is 10.2. The first kappa shape index (κ1) is 14.7. The summed E-state index contributed by atoms with van der Waals surface area (Å²) in [6.45, 7) is 5.23. The van der Waals surface area contributed by atoms with E-state index in [2.05, 4.69) is 38.1 Å². The Bertz CT molecular complexity index is 604. The zero-order valence-electron chi connectivity index (χ0n) is 12.3. The zero-order valence-corrected chi connectivity index (χ0v) is 13.9. The van der Waals surface area contributed by atoms with Gasteiger partial charge in [-0.15, -0.1) is 23.1 Å². The lowest BCUT2D eigenvalue weighted by Crippen LogP contribution is -2.29. The second-order valence-corrected chi connectivity index (χ2v) is 7.66. The van der Waals surface area contributed by atoms with Gasteiger partial charge < -0.3 is 4.90 Å². The van der Waals surface area contributed by atoms with E-state index in [0.29, 0.717) is 5.92 Å². The first-order valence-corrected chi connectivity index (χ1v) is 9.15. The van der Waals surface area contributed by atoms with Crippen LogP contribution in [0.3, 0.4) is 0 Å². The van der Waals surface area contributed by atoms with Crippen molar-refractivity contribution in [3.05, 3.63) is 57.8 Å². The number of carbonyl (C=O) groups excluding carboxylic acids is 1. The fourth-order valence-electron chi connectivity index (χ4n) is 2.54. The molecule has 0 bridgehead atoms. The standard InChI is InChI=1S/C17H19NOS2/c1-12(2)13-5-7-14(8-6-13)17-18(9-11-21-17)16(19)15-4-3-10-20-15/h3-8,10,12,17H,9,11H2,1-2H3. The maximum atomic E-state index is 12.6. The molecule has 3 rings (SSSR count). The summed E-state index contributed by atoms with van der Waals surface area (Å²) in [5, 5.41) is 2.11. The highest BCUT2D eigenvalue weighted by Crippen LogP contribution is 2.39. The average molecular weight is 317 g/mol. The summed E-state index contributed by atoms with van der Waals surface area (Å²) in [6, 6.07) is 12.6. The minimum atomic E-state index is 0.154. The van der Waals surface area contributed by atoms with E-state index in [1.807, 2.05) is 34.2 Å². The fourth-order valence-corrected chi connectivity index (χ4v) is 4.48. The highest BCUT2D eigenvalue weighted by atomic mass is 32.2. The van der Waals surface area contributed by atoms with Gasteiger partial charge in [0.15, 0.2) is 0 Å². The SMILES string of the molecule is CC(C)c1ccc(C2SCCN2C(=O)c2cccs2)cc1. The molecule has 1 atom stereocenters. The van der Waals surface area contributed by atoms with Crippen molar-refractivity contribution >= 4 is 29.0 Å². The van der Waals surface area contributed by atoms with Crippen LogP contribution in [0.2, 0.25) is 0 Å². The van der Waals surface area contributed by atoms with E-state index in [0.717, 1.165) is 17.2 Å². The maximum Gasteiger partial charge on any atom is 0.265 e. The predicted molar refractivity (Wildman–Crippen MR) is 91.1 cm³/mol. The number of thioether (sulfide) groups is 1. The molecule has 0 saturated carbocycles. The first-order valence-electron chi connectivity index (χ1n) is 7.23. The Balaban J connectivity index is 1.82. The number of amides is 1. The molecule has 1 saturated heterocycles. The van der Waals surface area contributed by atoms with Gasteiger partial charge >= 0.3 is 0 Å². The topological polar surface area (TPSA) is 20.3 Å². The molecule has 1 aromatic heterocycles. The summed E-state index contributed by atoms with van der Waals surface area (Å²) >= 11 is 3.37. The number of carbonyl (C=O) groups is 1. The smallest absolute Gasteiger partial charge is 0.265 e. The third-order valence-electron chi connectivity index (χ3n) is 3.77. The molecule has 110 valence electrons. The van der Waals surface area contributed by atoms with Crippen LogP contribution in [0.25, 0.3) is 0 Å². The number of benzene rings is 1. The fraction of sp³-hybridized carbons (Fsp3) is 0.353. The van der Waals surface area contributed by atoms with Crippen molar-refractivity contribution in [2.24, 2.45) is 0 Å². The van der Waals surface area contributed by atoms with Gasteiger partial charge in [0, 0.05) is 12.3 Å². The second-order valence-electron chi connectivity index (χ2n) is 5.52. The largest absolute Gasteiger partial charge is 0.321 e. The molecule has 2 aromatic rings. The Morgan fingerprint density at radius 1 is 1.24 bits per heavy atom. The summed E-state index contributed by atoms with van der Waals surface area (Å²) in [6.07, 6.45) is 0. The van der Waals surface area contributed by atoms with Crippen LogP contribution in [-0.2, 0) is 0 Å². The summed E-state index contributed by atoms with van der Waals surface area (Å²) < 4.78 is 0. The van der Waals surface area contributed by atoms with Crippen molar-refractivity contribution in [3.8, 4) is 0 Å². The van der Waals surface area contributed by atoms with Gasteiger partial charge in [-0.25, -0.2) is 0 Å². The molecule has 2 heterocycles. The molecule has 1 amide bonds. The Hall–Kier alpha value is -1.26. The molecule has 1 unspecified atom stereocenters. The molecule has 1 aromatic carbocycles. The van der Waals surface area contributed by atoms with Gasteiger partial charge in [-0.05, 0) is 28.5 Å². The third kappa shape index (κ3) is 3.01. The van der Waals surface area contributed by atoms with E-state index in [4.69, 9.17) is 0 Å². The lowest BCUT2D eigenvalue weighted by molar-refractivity contribution is 0.0765. The summed E-state index contributed by atoms with van der Waals surface area (Å²) in [7, 11) is 0. The van der Waals surface area contributed by atoms with Crippen molar-refractivity contribution in [2.45, 2.75) is 25.1 Å². The van der Waals surface area contributed by atoms with Crippen LogP contribution in [0, 0.1) is 0 Å². The van der Waals surface area contributed by atoms with E-state index < -0.39 is 0 Å². The molecule has 1 aliphatic rings. The number of hydrogen-bond acceptors (Lipinski definition) is 3. The Kier molecular flexibility index (Phi) is 4.36. The van der Waals surface area contributed by atoms with Crippen LogP contribution in [-0.4, -0.2) is 23.1 Å². The lowest BCUT2D eigenvalue weighted by Gasteiger charge is -2.24. The van der Waals surface area contributed by atoms with E-state index in [1.54, 1.807) is 0 Å². The molecule has 21 heavy (non-hydrogen) atoms. The maximum absolute atomic E-state index is 12.6. The van der Waals surface area contributed by atoms with Gasteiger partial charge in [0.25, 0.3) is 5.91 Å². The highest BCUT2D eigenvalue weighted by molar-refractivity contribution is 7.99. The minimum absolute atomic E-state index is 0.154. The van der Waals surface area contributed by atoms with Gasteiger partial charge in [-0.2, -0.15) is 0 Å². The molecule has 0 N–H and O–H groups in total. The zero-order chi connectivity index (χ0) is 14.8. The van der Waals surface area contributed by atoms with Gasteiger partial charge in [-0.3, -0.25) is 4.79 Å². The summed E-state index contributed by atoms with van der Waals surface area (Å²) in [5.41, 5.74) is 2.57. The molecule has 2 nitrogen and oxygen atoms in total. The molecular formula is C17H19NOS2. The van der Waals surface area contributed by atoms with E-state index >= 15 is 0 Å². The molecule has 1 fully saturated rings. The van der Waals surface area contributed by atoms with Crippen molar-refractivity contribution in [2.75, 3.05) is 12.3 Å². The van der Waals surface area contributed by atoms with Crippen LogP contribution < -0.4 is 0 Å².